The Bertz CT molecular complexity index is 35.0. The van der Waals surface area contributed by atoms with Gasteiger partial charge in [0.25, 0.3) is 0 Å². The fourth-order valence-corrected chi connectivity index (χ4v) is 0. The van der Waals surface area contributed by atoms with E-state index in [1.807, 2.05) is 0 Å². The third kappa shape index (κ3) is 43.6. The van der Waals surface area contributed by atoms with Crippen LogP contribution in [-0.2, 0) is 68.3 Å². The molecular weight excluding hydrogens is 400 g/mol. The second kappa shape index (κ2) is 57.4. The second-order valence-corrected chi connectivity index (χ2v) is 0. The Morgan fingerprint density at radius 2 is 1.12 bits per heavy atom. The molecule has 0 spiro atoms. The van der Waals surface area contributed by atoms with E-state index in [1.165, 1.54) is 0 Å². The molecule has 2 atom stereocenters. The van der Waals surface area contributed by atoms with Crippen LogP contribution in [-0.4, -0.2) is 78.7 Å². The molecule has 0 heterocycles. The molecule has 0 aromatic heterocycles. The molecule has 0 N–H and O–H groups in total. The predicted molar refractivity (Wildman–Crippen MR) is 37.0 cm³/mol. The van der Waals surface area contributed by atoms with Gasteiger partial charge in [0, 0.05) is 68.3 Å². The number of rotatable bonds is 0. The quantitative estimate of drug-likeness (QED) is 0.339. The molecule has 8 heavy (non-hydrogen) atoms. The van der Waals surface area contributed by atoms with E-state index in [9.17, 15) is 0 Å². The van der Waals surface area contributed by atoms with E-state index in [0.717, 1.165) is 0 Å². The van der Waals surface area contributed by atoms with Gasteiger partial charge in [0.15, 0.2) is 0 Å². The van der Waals surface area contributed by atoms with Gasteiger partial charge in [0.2, 0.25) is 0 Å². The van der Waals surface area contributed by atoms with Crippen LogP contribution in [0.5, 0.6) is 0 Å². The monoisotopic (exact) mass is 409 g/mol. The molecule has 0 aliphatic heterocycles. The van der Waals surface area contributed by atoms with Gasteiger partial charge < -0.3 is 5.71 Å². The SMILES string of the molecule is P.[AsH3].[Ca+2].[Co].[Cr].[Cu].[H-].[H-].[H-].[H-].[Mg+2].[Mn]. The topological polar surface area (TPSA) is 0 Å². The summed E-state index contributed by atoms with van der Waals surface area (Å²) < 4.78 is 0. The van der Waals surface area contributed by atoms with Crippen molar-refractivity contribution in [1.82, 2.24) is 0 Å². The number of hydrogen-bond acceptors (Lipinski definition) is 0. The van der Waals surface area contributed by atoms with E-state index in [2.05, 4.69) is 0 Å². The largest absolute Gasteiger partial charge is 2.00 e. The van der Waals surface area contributed by atoms with Crippen molar-refractivity contribution in [3.05, 3.63) is 0 Å². The van der Waals surface area contributed by atoms with Crippen LogP contribution in [0.1, 0.15) is 5.71 Å². The molecule has 2 unspecified atom stereocenters. The first-order valence-electron chi connectivity index (χ1n) is 0. The molecular formula is H10AsCaCoCrCuMgMnP. The molecule has 0 rings (SSSR count). The zero-order valence-corrected chi connectivity index (χ0v) is 16.7. The average Bonchev–Trinajstić information content (AvgIpc) is 0. The van der Waals surface area contributed by atoms with E-state index in [0.29, 0.717) is 0 Å². The molecule has 0 aliphatic rings. The Morgan fingerprint density at radius 3 is 1.12 bits per heavy atom. The van der Waals surface area contributed by atoms with Crippen molar-refractivity contribution in [3.63, 3.8) is 0 Å². The Kier molecular flexibility index (Phi) is 529. The smallest absolute Gasteiger partial charge is 1.00 e. The molecule has 57 valence electrons. The van der Waals surface area contributed by atoms with E-state index < -0.39 is 0 Å². The minimum Gasteiger partial charge on any atom is -1.00 e. The molecule has 0 saturated carbocycles. The number of hydrogen-bond donors (Lipinski definition) is 0. The molecule has 0 amide bonds. The van der Waals surface area contributed by atoms with Crippen molar-refractivity contribution in [2.75, 3.05) is 0 Å². The van der Waals surface area contributed by atoms with Gasteiger partial charge in [-0.1, -0.05) is 0 Å². The maximum Gasteiger partial charge on any atom is 2.00 e. The van der Waals surface area contributed by atoms with E-state index >= 15 is 0 Å². The summed E-state index contributed by atoms with van der Waals surface area (Å²) >= 11 is 0. The Hall–Kier alpha value is 5.09. The molecule has 0 aliphatic carbocycles. The van der Waals surface area contributed by atoms with Crippen LogP contribution in [0.4, 0.5) is 0 Å². The average molecular weight is 410 g/mol. The summed E-state index contributed by atoms with van der Waals surface area (Å²) in [5.41, 5.74) is 0. The summed E-state index contributed by atoms with van der Waals surface area (Å²) in [5.74, 6) is 0. The van der Waals surface area contributed by atoms with Crippen LogP contribution in [0.25, 0.3) is 0 Å². The maximum absolute atomic E-state index is 0. The first-order valence-corrected chi connectivity index (χ1v) is 0. The Labute approximate surface area is 159 Å². The summed E-state index contributed by atoms with van der Waals surface area (Å²) in [6, 6.07) is 0. The van der Waals surface area contributed by atoms with Gasteiger partial charge in [-0.15, -0.1) is 0 Å². The molecule has 8 heteroatoms. The molecule has 0 saturated heterocycles. The molecule has 0 bridgehead atoms. The van der Waals surface area contributed by atoms with Crippen LogP contribution in [0, 0.1) is 0 Å². The van der Waals surface area contributed by atoms with Crippen molar-refractivity contribution in [3.8, 4) is 0 Å². The maximum atomic E-state index is 0. The van der Waals surface area contributed by atoms with Gasteiger partial charge in [-0.25, -0.2) is 0 Å². The molecule has 0 nitrogen and oxygen atoms in total. The van der Waals surface area contributed by atoms with Crippen LogP contribution < -0.4 is 0 Å². The predicted octanol–water partition coefficient (Wildman–Crippen LogP) is -1.45. The fourth-order valence-electron chi connectivity index (χ4n) is 0. The van der Waals surface area contributed by atoms with Crippen molar-refractivity contribution < 1.29 is 74.0 Å². The Morgan fingerprint density at radius 1 is 1.12 bits per heavy atom. The normalized spacial score (nSPS) is 0. The molecule has 0 fully saturated rings. The van der Waals surface area contributed by atoms with Crippen molar-refractivity contribution in [2.24, 2.45) is 0 Å². The molecule has 3 radical (unpaired) electrons. The molecule has 0 aromatic carbocycles. The minimum atomic E-state index is 0. The summed E-state index contributed by atoms with van der Waals surface area (Å²) in [5, 5.41) is 0. The summed E-state index contributed by atoms with van der Waals surface area (Å²) in [6.45, 7) is 0. The summed E-state index contributed by atoms with van der Waals surface area (Å²) in [4.78, 5) is 0. The van der Waals surface area contributed by atoms with Gasteiger partial charge in [-0.3, -0.25) is 0 Å². The van der Waals surface area contributed by atoms with E-state index in [1.54, 1.807) is 0 Å². The second-order valence-electron chi connectivity index (χ2n) is 0. The molecule has 0 aromatic rings. The van der Waals surface area contributed by atoms with E-state index in [-0.39, 0.29) is 163 Å². The van der Waals surface area contributed by atoms with Gasteiger partial charge in [0.05, 0.1) is 0 Å². The fraction of sp³-hybridized carbons (Fsp3) is 0. The summed E-state index contributed by atoms with van der Waals surface area (Å²) in [7, 11) is 0. The van der Waals surface area contributed by atoms with Gasteiger partial charge in [0.1, 0.15) is 0 Å². The summed E-state index contributed by atoms with van der Waals surface area (Å²) in [6.07, 6.45) is 0. The minimum absolute atomic E-state index is 0. The Balaban J connectivity index is 0. The zero-order valence-electron chi connectivity index (χ0n) is 8.25. The van der Waals surface area contributed by atoms with Crippen molar-refractivity contribution in [2.45, 2.75) is 0 Å². The van der Waals surface area contributed by atoms with Gasteiger partial charge in [-0.2, -0.15) is 9.90 Å². The zero-order chi connectivity index (χ0) is 0. The first-order chi connectivity index (χ1) is 0. The first kappa shape index (κ1) is 73.8. The van der Waals surface area contributed by atoms with Crippen LogP contribution in [0.15, 0.2) is 0 Å². The third-order valence-corrected chi connectivity index (χ3v) is 0. The van der Waals surface area contributed by atoms with Crippen molar-refractivity contribution >= 4 is 88.6 Å². The van der Waals surface area contributed by atoms with Crippen LogP contribution >= 0.6 is 9.90 Å². The standard InChI is InChI=1S/AsH3.Ca.Co.Cr.Cu.Mg.Mn.H3P.4H/h1H3;;;;;;;1H3;;;;/q;+2;;;;+2;;;4*-1. The van der Waals surface area contributed by atoms with Gasteiger partial charge >= 0.3 is 78.7 Å². The van der Waals surface area contributed by atoms with Gasteiger partial charge in [-0.05, 0) is 0 Å². The van der Waals surface area contributed by atoms with E-state index in [4.69, 9.17) is 0 Å². The van der Waals surface area contributed by atoms with Crippen molar-refractivity contribution in [1.29, 1.82) is 0 Å². The third-order valence-electron chi connectivity index (χ3n) is 0. The van der Waals surface area contributed by atoms with Crippen LogP contribution in [0.3, 0.4) is 0 Å². The van der Waals surface area contributed by atoms with Crippen LogP contribution in [0.2, 0.25) is 0 Å².